The van der Waals surface area contributed by atoms with Gasteiger partial charge in [-0.15, -0.1) is 0 Å². The van der Waals surface area contributed by atoms with Crippen molar-refractivity contribution < 1.29 is 14.4 Å². The molecule has 0 bridgehead atoms. The second kappa shape index (κ2) is 10.7. The summed E-state index contributed by atoms with van der Waals surface area (Å²) in [6.07, 6.45) is 7.37. The number of aromatic nitrogens is 1. The molecule has 36 heavy (non-hydrogen) atoms. The van der Waals surface area contributed by atoms with Crippen LogP contribution in [-0.4, -0.2) is 51.1 Å². The number of para-hydroxylation sites is 1. The molecular formula is C29H31N3O3S. The molecule has 5 rings (SSSR count). The van der Waals surface area contributed by atoms with Crippen LogP contribution in [0.15, 0.2) is 65.7 Å². The molecule has 2 aliphatic heterocycles. The minimum Gasteiger partial charge on any atom is -0.341 e. The third kappa shape index (κ3) is 5.26. The summed E-state index contributed by atoms with van der Waals surface area (Å²) in [4.78, 5) is 42.4. The van der Waals surface area contributed by atoms with Crippen molar-refractivity contribution in [2.45, 2.75) is 39.2 Å². The Kier molecular flexibility index (Phi) is 7.28. The first-order valence-corrected chi connectivity index (χ1v) is 13.5. The summed E-state index contributed by atoms with van der Waals surface area (Å²) in [5.41, 5.74) is 2.99. The van der Waals surface area contributed by atoms with Gasteiger partial charge < -0.3 is 9.47 Å². The first-order chi connectivity index (χ1) is 17.5. The number of fused-ring (bicyclic) bond motifs is 1. The summed E-state index contributed by atoms with van der Waals surface area (Å²) in [6.45, 7) is 4.52. The van der Waals surface area contributed by atoms with Crippen LogP contribution in [0, 0.1) is 5.92 Å². The fraction of sp³-hybridized carbons (Fsp3) is 0.345. The van der Waals surface area contributed by atoms with Gasteiger partial charge in [0.1, 0.15) is 6.54 Å². The second-order valence-electron chi connectivity index (χ2n) is 9.72. The quantitative estimate of drug-likeness (QED) is 0.397. The van der Waals surface area contributed by atoms with E-state index in [0.717, 1.165) is 67.0 Å². The number of imide groups is 1. The monoisotopic (exact) mass is 501 g/mol. The summed E-state index contributed by atoms with van der Waals surface area (Å²) in [5, 5.41) is 0.742. The number of carbonyl (C=O) groups is 3. The lowest BCUT2D eigenvalue weighted by molar-refractivity contribution is -0.133. The predicted molar refractivity (Wildman–Crippen MR) is 144 cm³/mol. The third-order valence-corrected chi connectivity index (χ3v) is 8.02. The van der Waals surface area contributed by atoms with Crippen LogP contribution < -0.4 is 0 Å². The molecule has 2 aromatic carbocycles. The standard InChI is InChI=1S/C29H31N3O3S/c1-21-13-16-30(17-14-21)27(33)20-31-19-23(24-11-5-6-12-25(24)31)18-26-28(34)32(29(35)36-26)15-7-10-22-8-3-2-4-9-22/h2-6,8-9,11-12,18-19,21H,7,10,13-17,20H2,1H3/b26-18-. The lowest BCUT2D eigenvalue weighted by Crippen LogP contribution is -2.39. The molecule has 2 saturated heterocycles. The summed E-state index contributed by atoms with van der Waals surface area (Å²) >= 11 is 0.992. The van der Waals surface area contributed by atoms with Gasteiger partial charge >= 0.3 is 0 Å². The molecule has 1 aromatic heterocycles. The number of thioether (sulfide) groups is 1. The van der Waals surface area contributed by atoms with Gasteiger partial charge in [-0.25, -0.2) is 0 Å². The zero-order chi connectivity index (χ0) is 25.1. The molecule has 2 fully saturated rings. The van der Waals surface area contributed by atoms with E-state index < -0.39 is 0 Å². The Morgan fingerprint density at radius 1 is 1.03 bits per heavy atom. The van der Waals surface area contributed by atoms with Crippen LogP contribution in [0.1, 0.15) is 37.3 Å². The summed E-state index contributed by atoms with van der Waals surface area (Å²) < 4.78 is 1.96. The molecule has 3 amide bonds. The molecule has 0 aliphatic carbocycles. The van der Waals surface area contributed by atoms with Crippen LogP contribution >= 0.6 is 11.8 Å². The molecule has 0 saturated carbocycles. The predicted octanol–water partition coefficient (Wildman–Crippen LogP) is 5.57. The number of aryl methyl sites for hydroxylation is 1. The van der Waals surface area contributed by atoms with Crippen LogP contribution in [0.5, 0.6) is 0 Å². The van der Waals surface area contributed by atoms with Gasteiger partial charge in [0.25, 0.3) is 11.1 Å². The highest BCUT2D eigenvalue weighted by molar-refractivity contribution is 8.18. The number of hydrogen-bond donors (Lipinski definition) is 0. The lowest BCUT2D eigenvalue weighted by atomic mass is 9.99. The highest BCUT2D eigenvalue weighted by atomic mass is 32.2. The van der Waals surface area contributed by atoms with E-state index in [1.165, 1.54) is 10.5 Å². The van der Waals surface area contributed by atoms with Gasteiger partial charge in [0.05, 0.1) is 4.91 Å². The maximum absolute atomic E-state index is 13.1. The minimum absolute atomic E-state index is 0.118. The Labute approximate surface area is 215 Å². The topological polar surface area (TPSA) is 62.6 Å². The van der Waals surface area contributed by atoms with Crippen molar-refractivity contribution in [3.05, 3.63) is 76.8 Å². The van der Waals surface area contributed by atoms with Gasteiger partial charge in [-0.2, -0.15) is 0 Å². The van der Waals surface area contributed by atoms with E-state index in [0.29, 0.717) is 17.4 Å². The molecule has 3 aromatic rings. The smallest absolute Gasteiger partial charge is 0.293 e. The normalized spacial score (nSPS) is 18.1. The molecule has 0 unspecified atom stereocenters. The SMILES string of the molecule is CC1CCN(C(=O)Cn2cc(/C=C3\SC(=O)N(CCCc4ccccc4)C3=O)c3ccccc32)CC1. The Morgan fingerprint density at radius 2 is 1.75 bits per heavy atom. The number of nitrogens with zero attached hydrogens (tertiary/aromatic N) is 3. The Hall–Kier alpha value is -3.32. The van der Waals surface area contributed by atoms with E-state index in [4.69, 9.17) is 0 Å². The second-order valence-corrected chi connectivity index (χ2v) is 10.7. The van der Waals surface area contributed by atoms with Gasteiger partial charge in [0, 0.05) is 42.3 Å². The maximum atomic E-state index is 13.1. The van der Waals surface area contributed by atoms with Gasteiger partial charge in [-0.1, -0.05) is 55.5 Å². The number of carbonyl (C=O) groups excluding carboxylic acids is 3. The highest BCUT2D eigenvalue weighted by Gasteiger charge is 2.34. The van der Waals surface area contributed by atoms with Crippen molar-refractivity contribution in [3.63, 3.8) is 0 Å². The third-order valence-electron chi connectivity index (χ3n) is 7.11. The molecule has 2 aliphatic rings. The fourth-order valence-corrected chi connectivity index (χ4v) is 5.80. The number of rotatable bonds is 7. The first kappa shape index (κ1) is 24.4. The number of likely N-dealkylation sites (tertiary alicyclic amines) is 1. The van der Waals surface area contributed by atoms with Gasteiger partial charge in [-0.05, 0) is 61.1 Å². The van der Waals surface area contributed by atoms with Crippen molar-refractivity contribution in [2.24, 2.45) is 5.92 Å². The van der Waals surface area contributed by atoms with Crippen molar-refractivity contribution in [2.75, 3.05) is 19.6 Å². The van der Waals surface area contributed by atoms with Crippen LogP contribution in [0.4, 0.5) is 4.79 Å². The van der Waals surface area contributed by atoms with E-state index in [-0.39, 0.29) is 23.6 Å². The molecule has 0 spiro atoms. The van der Waals surface area contributed by atoms with E-state index in [1.807, 2.05) is 58.1 Å². The van der Waals surface area contributed by atoms with Gasteiger partial charge in [0.15, 0.2) is 0 Å². The molecule has 0 radical (unpaired) electrons. The van der Waals surface area contributed by atoms with Gasteiger partial charge in [-0.3, -0.25) is 19.3 Å². The lowest BCUT2D eigenvalue weighted by Gasteiger charge is -2.30. The fourth-order valence-electron chi connectivity index (χ4n) is 4.94. The summed E-state index contributed by atoms with van der Waals surface area (Å²) in [5.74, 6) is 0.545. The van der Waals surface area contributed by atoms with Crippen LogP contribution in [0.2, 0.25) is 0 Å². The molecular weight excluding hydrogens is 470 g/mol. The average Bonchev–Trinajstić information content (AvgIpc) is 3.36. The molecule has 7 heteroatoms. The Bertz CT molecular complexity index is 1310. The molecule has 6 nitrogen and oxygen atoms in total. The summed E-state index contributed by atoms with van der Waals surface area (Å²) in [7, 11) is 0. The van der Waals surface area contributed by atoms with E-state index in [1.54, 1.807) is 6.08 Å². The number of benzene rings is 2. The van der Waals surface area contributed by atoms with Crippen molar-refractivity contribution in [1.29, 1.82) is 0 Å². The minimum atomic E-state index is -0.242. The number of hydrogen-bond acceptors (Lipinski definition) is 4. The molecule has 0 N–H and O–H groups in total. The van der Waals surface area contributed by atoms with E-state index in [9.17, 15) is 14.4 Å². The Balaban J connectivity index is 1.31. The van der Waals surface area contributed by atoms with E-state index in [2.05, 4.69) is 19.1 Å². The number of piperidine rings is 1. The van der Waals surface area contributed by atoms with Gasteiger partial charge in [0.2, 0.25) is 5.91 Å². The maximum Gasteiger partial charge on any atom is 0.293 e. The van der Waals surface area contributed by atoms with E-state index >= 15 is 0 Å². The van der Waals surface area contributed by atoms with Crippen LogP contribution in [0.25, 0.3) is 17.0 Å². The largest absolute Gasteiger partial charge is 0.341 e. The van der Waals surface area contributed by atoms with Crippen molar-refractivity contribution in [1.82, 2.24) is 14.4 Å². The summed E-state index contributed by atoms with van der Waals surface area (Å²) in [6, 6.07) is 18.0. The van der Waals surface area contributed by atoms with Crippen LogP contribution in [0.3, 0.4) is 0 Å². The van der Waals surface area contributed by atoms with Crippen molar-refractivity contribution >= 4 is 45.8 Å². The zero-order valence-electron chi connectivity index (χ0n) is 20.6. The Morgan fingerprint density at radius 3 is 2.53 bits per heavy atom. The average molecular weight is 502 g/mol. The first-order valence-electron chi connectivity index (χ1n) is 12.6. The molecule has 0 atom stereocenters. The van der Waals surface area contributed by atoms with Crippen molar-refractivity contribution in [3.8, 4) is 0 Å². The molecule has 186 valence electrons. The zero-order valence-corrected chi connectivity index (χ0v) is 21.4. The highest BCUT2D eigenvalue weighted by Crippen LogP contribution is 2.34. The molecule has 3 heterocycles. The number of amides is 3. The van der Waals surface area contributed by atoms with Crippen LogP contribution in [-0.2, 0) is 22.6 Å².